The highest BCUT2D eigenvalue weighted by Crippen LogP contribution is 2.45. The molecule has 8 heteroatoms. The molecule has 5 rings (SSSR count). The molecule has 2 aromatic carbocycles. The predicted molar refractivity (Wildman–Crippen MR) is 125 cm³/mol. The van der Waals surface area contributed by atoms with Gasteiger partial charge in [0.15, 0.2) is 0 Å². The standard InChI is InChI=1S/C26H23N3O5/c30-23(31)19-14-20-22(27-15-19)28-25(34)26(20)10-12-29(13-11-26)21(24(32)33)18-8-6-17(7-9-18)16-4-2-1-3-5-16/h1-9,14-15,21H,10-13H2,(H,30,31)(H,32,33)(H,27,28,34). The summed E-state index contributed by atoms with van der Waals surface area (Å²) in [4.78, 5) is 42.6. The fourth-order valence-corrected chi connectivity index (χ4v) is 5.05. The molecule has 0 saturated carbocycles. The number of amides is 1. The summed E-state index contributed by atoms with van der Waals surface area (Å²) in [7, 11) is 0. The number of hydrogen-bond donors (Lipinski definition) is 3. The van der Waals surface area contributed by atoms with E-state index in [1.807, 2.05) is 59.5 Å². The molecule has 3 aromatic rings. The lowest BCUT2D eigenvalue weighted by atomic mass is 9.73. The molecular weight excluding hydrogens is 434 g/mol. The lowest BCUT2D eigenvalue weighted by molar-refractivity contribution is -0.144. The van der Waals surface area contributed by atoms with E-state index in [-0.39, 0.29) is 11.5 Å². The zero-order chi connectivity index (χ0) is 23.9. The molecule has 2 aliphatic rings. The number of aromatic nitrogens is 1. The number of piperidine rings is 1. The van der Waals surface area contributed by atoms with Gasteiger partial charge in [-0.1, -0.05) is 54.6 Å². The van der Waals surface area contributed by atoms with E-state index in [0.29, 0.717) is 42.9 Å². The van der Waals surface area contributed by atoms with Crippen LogP contribution in [0.5, 0.6) is 0 Å². The van der Waals surface area contributed by atoms with Crippen LogP contribution < -0.4 is 5.32 Å². The Morgan fingerprint density at radius 3 is 2.24 bits per heavy atom. The number of hydrogen-bond acceptors (Lipinski definition) is 5. The van der Waals surface area contributed by atoms with Crippen molar-refractivity contribution in [3.8, 4) is 11.1 Å². The number of carbonyl (C=O) groups excluding carboxylic acids is 1. The molecule has 3 N–H and O–H groups in total. The molecule has 2 aliphatic heterocycles. The minimum atomic E-state index is -1.10. The number of carboxylic acids is 2. The second-order valence-electron chi connectivity index (χ2n) is 8.73. The van der Waals surface area contributed by atoms with Crippen LogP contribution in [0.15, 0.2) is 66.9 Å². The zero-order valence-corrected chi connectivity index (χ0v) is 18.3. The lowest BCUT2D eigenvalue weighted by Crippen LogP contribution is -2.48. The number of aromatic carboxylic acids is 1. The summed E-state index contributed by atoms with van der Waals surface area (Å²) in [6.45, 7) is 0.753. The Kier molecular flexibility index (Phi) is 5.37. The molecule has 1 aromatic heterocycles. The number of nitrogens with zero attached hydrogens (tertiary/aromatic N) is 2. The van der Waals surface area contributed by atoms with Crippen LogP contribution in [0.25, 0.3) is 11.1 Å². The molecule has 0 radical (unpaired) electrons. The van der Waals surface area contributed by atoms with Gasteiger partial charge in [-0.25, -0.2) is 9.78 Å². The first-order valence-electron chi connectivity index (χ1n) is 11.1. The topological polar surface area (TPSA) is 120 Å². The van der Waals surface area contributed by atoms with Crippen molar-refractivity contribution in [2.75, 3.05) is 18.4 Å². The fourth-order valence-electron chi connectivity index (χ4n) is 5.05. The first-order valence-corrected chi connectivity index (χ1v) is 11.1. The van der Waals surface area contributed by atoms with Crippen LogP contribution in [0.4, 0.5) is 5.82 Å². The van der Waals surface area contributed by atoms with Gasteiger partial charge in [0.1, 0.15) is 11.9 Å². The zero-order valence-electron chi connectivity index (χ0n) is 18.3. The van der Waals surface area contributed by atoms with Crippen molar-refractivity contribution in [3.05, 3.63) is 83.6 Å². The summed E-state index contributed by atoms with van der Waals surface area (Å²) in [5.74, 6) is -1.88. The van der Waals surface area contributed by atoms with Crippen LogP contribution in [-0.4, -0.2) is 51.0 Å². The molecule has 1 spiro atoms. The average molecular weight is 457 g/mol. The minimum absolute atomic E-state index is 0.0268. The van der Waals surface area contributed by atoms with Crippen molar-refractivity contribution in [2.24, 2.45) is 0 Å². The van der Waals surface area contributed by atoms with Crippen molar-refractivity contribution < 1.29 is 24.6 Å². The summed E-state index contributed by atoms with van der Waals surface area (Å²) in [5.41, 5.74) is 2.45. The number of carbonyl (C=O) groups is 3. The molecule has 1 amide bonds. The lowest BCUT2D eigenvalue weighted by Gasteiger charge is -2.40. The van der Waals surface area contributed by atoms with E-state index in [2.05, 4.69) is 10.3 Å². The van der Waals surface area contributed by atoms with E-state index in [1.54, 1.807) is 0 Å². The molecule has 8 nitrogen and oxygen atoms in total. The van der Waals surface area contributed by atoms with Gasteiger partial charge in [-0.2, -0.15) is 0 Å². The normalized spacial score (nSPS) is 17.7. The van der Waals surface area contributed by atoms with Crippen molar-refractivity contribution >= 4 is 23.7 Å². The van der Waals surface area contributed by atoms with Crippen LogP contribution in [0.2, 0.25) is 0 Å². The molecule has 0 bridgehead atoms. The SMILES string of the molecule is O=C(O)c1cnc2c(c1)C1(CCN(C(C(=O)O)c3ccc(-c4ccccc4)cc3)CC1)C(=O)N2. The van der Waals surface area contributed by atoms with E-state index in [1.165, 1.54) is 12.3 Å². The summed E-state index contributed by atoms with van der Waals surface area (Å²) in [6, 6.07) is 18.1. The van der Waals surface area contributed by atoms with Gasteiger partial charge in [-0.15, -0.1) is 0 Å². The van der Waals surface area contributed by atoms with Crippen molar-refractivity contribution in [1.82, 2.24) is 9.88 Å². The molecule has 3 heterocycles. The Morgan fingerprint density at radius 1 is 0.971 bits per heavy atom. The van der Waals surface area contributed by atoms with E-state index in [0.717, 1.165) is 11.1 Å². The fraction of sp³-hybridized carbons (Fsp3) is 0.231. The van der Waals surface area contributed by atoms with Crippen LogP contribution >= 0.6 is 0 Å². The maximum atomic E-state index is 12.9. The van der Waals surface area contributed by atoms with Crippen LogP contribution in [0.1, 0.15) is 40.4 Å². The van der Waals surface area contributed by atoms with E-state index in [4.69, 9.17) is 0 Å². The number of anilines is 1. The van der Waals surface area contributed by atoms with Gasteiger partial charge in [0, 0.05) is 24.8 Å². The number of pyridine rings is 1. The van der Waals surface area contributed by atoms with Crippen molar-refractivity contribution in [3.63, 3.8) is 0 Å². The van der Waals surface area contributed by atoms with Crippen LogP contribution in [0, 0.1) is 0 Å². The second kappa shape index (κ2) is 8.39. The van der Waals surface area contributed by atoms with Gasteiger partial charge in [-0.3, -0.25) is 14.5 Å². The first-order chi connectivity index (χ1) is 16.4. The van der Waals surface area contributed by atoms with Gasteiger partial charge in [0.05, 0.1) is 11.0 Å². The number of likely N-dealkylation sites (tertiary alicyclic amines) is 1. The summed E-state index contributed by atoms with van der Waals surface area (Å²) in [6.07, 6.45) is 1.99. The monoisotopic (exact) mass is 457 g/mol. The maximum absolute atomic E-state index is 12.9. The molecule has 34 heavy (non-hydrogen) atoms. The first kappa shape index (κ1) is 21.8. The minimum Gasteiger partial charge on any atom is -0.480 e. The Labute approximate surface area is 195 Å². The molecule has 1 atom stereocenters. The molecule has 0 aliphatic carbocycles. The summed E-state index contributed by atoms with van der Waals surface area (Å²) in [5, 5.41) is 22.1. The van der Waals surface area contributed by atoms with E-state index >= 15 is 0 Å². The quantitative estimate of drug-likeness (QED) is 0.536. The number of aliphatic carboxylic acids is 1. The number of rotatable bonds is 5. The average Bonchev–Trinajstić information content (AvgIpc) is 3.11. The third-order valence-electron chi connectivity index (χ3n) is 6.90. The molecule has 1 saturated heterocycles. The van der Waals surface area contributed by atoms with Crippen molar-refractivity contribution in [2.45, 2.75) is 24.3 Å². The van der Waals surface area contributed by atoms with Crippen molar-refractivity contribution in [1.29, 1.82) is 0 Å². The third kappa shape index (κ3) is 3.62. The van der Waals surface area contributed by atoms with Gasteiger partial charge < -0.3 is 15.5 Å². The smallest absolute Gasteiger partial charge is 0.337 e. The Hall–Kier alpha value is -4.04. The highest BCUT2D eigenvalue weighted by Gasteiger charge is 2.50. The Morgan fingerprint density at radius 2 is 1.62 bits per heavy atom. The van der Waals surface area contributed by atoms with Crippen LogP contribution in [0.3, 0.4) is 0 Å². The largest absolute Gasteiger partial charge is 0.480 e. The highest BCUT2D eigenvalue weighted by molar-refractivity contribution is 6.06. The van der Waals surface area contributed by atoms with E-state index in [9.17, 15) is 24.6 Å². The Bertz CT molecular complexity index is 1270. The molecule has 172 valence electrons. The number of benzene rings is 2. The van der Waals surface area contributed by atoms with Gasteiger partial charge in [0.25, 0.3) is 0 Å². The molecule has 1 fully saturated rings. The molecular formula is C26H23N3O5. The number of carboxylic acid groups (broad SMARTS) is 2. The van der Waals surface area contributed by atoms with Gasteiger partial charge in [-0.05, 0) is 35.6 Å². The van der Waals surface area contributed by atoms with Crippen LogP contribution in [-0.2, 0) is 15.0 Å². The van der Waals surface area contributed by atoms with Gasteiger partial charge in [0.2, 0.25) is 5.91 Å². The second-order valence-corrected chi connectivity index (χ2v) is 8.73. The van der Waals surface area contributed by atoms with Gasteiger partial charge >= 0.3 is 11.9 Å². The summed E-state index contributed by atoms with van der Waals surface area (Å²) >= 11 is 0. The highest BCUT2D eigenvalue weighted by atomic mass is 16.4. The molecule has 1 unspecified atom stereocenters. The Balaban J connectivity index is 1.38. The third-order valence-corrected chi connectivity index (χ3v) is 6.90. The predicted octanol–water partition coefficient (Wildman–Crippen LogP) is 3.56. The number of nitrogens with one attached hydrogen (secondary N) is 1. The summed E-state index contributed by atoms with van der Waals surface area (Å²) < 4.78 is 0. The number of fused-ring (bicyclic) bond motifs is 2. The maximum Gasteiger partial charge on any atom is 0.337 e. The van der Waals surface area contributed by atoms with E-state index < -0.39 is 23.4 Å².